The molecule has 0 aromatic carbocycles. The van der Waals surface area contributed by atoms with Gasteiger partial charge in [0.25, 0.3) is 0 Å². The highest BCUT2D eigenvalue weighted by atomic mass is 16.5. The molecule has 0 aromatic heterocycles. The quantitative estimate of drug-likeness (QED) is 0.608. The number of hydrogen-bond donors (Lipinski definition) is 1. The molecule has 1 rings (SSSR count). The maximum absolute atomic E-state index is 5.77. The molecule has 18 heavy (non-hydrogen) atoms. The second-order valence-corrected chi connectivity index (χ2v) is 5.36. The zero-order valence-corrected chi connectivity index (χ0v) is 12.4. The summed E-state index contributed by atoms with van der Waals surface area (Å²) in [4.78, 5) is 2.47. The smallest absolute Gasteiger partial charge is 0.0826 e. The molecule has 0 spiro atoms. The number of hydrogen-bond acceptors (Lipinski definition) is 3. The van der Waals surface area contributed by atoms with Crippen LogP contribution in [0.4, 0.5) is 0 Å². The molecule has 1 fully saturated rings. The summed E-state index contributed by atoms with van der Waals surface area (Å²) in [7, 11) is 0. The number of unbranched alkanes of at least 4 members (excludes halogenated alkanes) is 5. The molecule has 108 valence electrons. The van der Waals surface area contributed by atoms with Gasteiger partial charge in [-0.2, -0.15) is 0 Å². The Labute approximate surface area is 113 Å². The molecule has 0 aromatic rings. The summed E-state index contributed by atoms with van der Waals surface area (Å²) in [5.41, 5.74) is 0. The van der Waals surface area contributed by atoms with Crippen molar-refractivity contribution in [2.75, 3.05) is 39.3 Å². The molecule has 1 heterocycles. The second-order valence-electron chi connectivity index (χ2n) is 5.36. The van der Waals surface area contributed by atoms with Crippen molar-refractivity contribution in [1.82, 2.24) is 10.2 Å². The van der Waals surface area contributed by atoms with Crippen molar-refractivity contribution in [1.29, 1.82) is 0 Å². The van der Waals surface area contributed by atoms with Gasteiger partial charge in [-0.1, -0.05) is 46.0 Å². The molecular formula is C15H32N2O. The normalized spacial score (nSPS) is 21.3. The van der Waals surface area contributed by atoms with E-state index < -0.39 is 0 Å². The zero-order valence-electron chi connectivity index (χ0n) is 12.4. The molecule has 0 radical (unpaired) electrons. The van der Waals surface area contributed by atoms with Crippen molar-refractivity contribution >= 4 is 0 Å². The fourth-order valence-electron chi connectivity index (χ4n) is 2.48. The Hall–Kier alpha value is -0.120. The minimum absolute atomic E-state index is 0.402. The van der Waals surface area contributed by atoms with E-state index >= 15 is 0 Å². The van der Waals surface area contributed by atoms with Crippen molar-refractivity contribution in [2.45, 2.75) is 58.5 Å². The number of rotatable bonds is 10. The number of likely N-dealkylation sites (N-methyl/N-ethyl adjacent to an activating group) is 1. The van der Waals surface area contributed by atoms with Crippen LogP contribution in [0.5, 0.6) is 0 Å². The van der Waals surface area contributed by atoms with Crippen molar-refractivity contribution in [3.05, 3.63) is 0 Å². The monoisotopic (exact) mass is 256 g/mol. The molecule has 1 unspecified atom stereocenters. The van der Waals surface area contributed by atoms with Crippen LogP contribution in [0.2, 0.25) is 0 Å². The minimum Gasteiger partial charge on any atom is -0.374 e. The molecule has 3 nitrogen and oxygen atoms in total. The van der Waals surface area contributed by atoms with Crippen LogP contribution in [-0.4, -0.2) is 50.3 Å². The molecule has 0 bridgehead atoms. The van der Waals surface area contributed by atoms with Gasteiger partial charge in [0.1, 0.15) is 0 Å². The van der Waals surface area contributed by atoms with Crippen molar-refractivity contribution in [2.24, 2.45) is 0 Å². The van der Waals surface area contributed by atoms with Crippen molar-refractivity contribution in [3.63, 3.8) is 0 Å². The van der Waals surface area contributed by atoms with Crippen molar-refractivity contribution < 1.29 is 4.74 Å². The average Bonchev–Trinajstić information content (AvgIpc) is 2.42. The molecule has 1 aliphatic heterocycles. The topological polar surface area (TPSA) is 24.5 Å². The van der Waals surface area contributed by atoms with E-state index in [1.54, 1.807) is 0 Å². The van der Waals surface area contributed by atoms with E-state index in [2.05, 4.69) is 24.1 Å². The van der Waals surface area contributed by atoms with Gasteiger partial charge in [-0.05, 0) is 19.5 Å². The number of nitrogens with one attached hydrogen (secondary N) is 1. The van der Waals surface area contributed by atoms with Gasteiger partial charge < -0.3 is 10.1 Å². The first-order valence-corrected chi connectivity index (χ1v) is 7.91. The van der Waals surface area contributed by atoms with Crippen LogP contribution >= 0.6 is 0 Å². The number of nitrogens with zero attached hydrogens (tertiary/aromatic N) is 1. The number of ether oxygens (including phenoxy) is 1. The van der Waals surface area contributed by atoms with Gasteiger partial charge >= 0.3 is 0 Å². The van der Waals surface area contributed by atoms with E-state index in [0.29, 0.717) is 6.10 Å². The van der Waals surface area contributed by atoms with Gasteiger partial charge in [0, 0.05) is 19.6 Å². The maximum Gasteiger partial charge on any atom is 0.0826 e. The van der Waals surface area contributed by atoms with Crippen LogP contribution in [0.1, 0.15) is 52.4 Å². The molecule has 1 aliphatic rings. The SMILES string of the molecule is CCCCCCCCNCC1CN(CC)CCO1. The van der Waals surface area contributed by atoms with Crippen LogP contribution in [0.25, 0.3) is 0 Å². The van der Waals surface area contributed by atoms with Gasteiger partial charge in [0.15, 0.2) is 0 Å². The zero-order chi connectivity index (χ0) is 13.1. The molecule has 3 heteroatoms. The van der Waals surface area contributed by atoms with Crippen LogP contribution in [-0.2, 0) is 4.74 Å². The summed E-state index contributed by atoms with van der Waals surface area (Å²) in [5, 5.41) is 3.54. The summed E-state index contributed by atoms with van der Waals surface area (Å²) >= 11 is 0. The third-order valence-electron chi connectivity index (χ3n) is 3.75. The Morgan fingerprint density at radius 2 is 1.89 bits per heavy atom. The van der Waals surface area contributed by atoms with Gasteiger partial charge in [-0.15, -0.1) is 0 Å². The summed E-state index contributed by atoms with van der Waals surface area (Å²) in [6, 6.07) is 0. The predicted molar refractivity (Wildman–Crippen MR) is 78.1 cm³/mol. The fraction of sp³-hybridized carbons (Fsp3) is 1.00. The van der Waals surface area contributed by atoms with Gasteiger partial charge in [0.2, 0.25) is 0 Å². The van der Waals surface area contributed by atoms with Gasteiger partial charge in [-0.25, -0.2) is 0 Å². The van der Waals surface area contributed by atoms with Crippen LogP contribution < -0.4 is 5.32 Å². The number of morpholine rings is 1. The van der Waals surface area contributed by atoms with Crippen LogP contribution in [0.3, 0.4) is 0 Å². The molecule has 1 N–H and O–H groups in total. The second kappa shape index (κ2) is 10.8. The van der Waals surface area contributed by atoms with Gasteiger partial charge in [-0.3, -0.25) is 4.90 Å². The lowest BCUT2D eigenvalue weighted by Crippen LogP contribution is -2.46. The minimum atomic E-state index is 0.402. The Bertz CT molecular complexity index is 187. The molecule has 1 atom stereocenters. The Morgan fingerprint density at radius 1 is 1.11 bits per heavy atom. The maximum atomic E-state index is 5.77. The van der Waals surface area contributed by atoms with Crippen LogP contribution in [0, 0.1) is 0 Å². The molecule has 0 saturated carbocycles. The largest absolute Gasteiger partial charge is 0.374 e. The molecule has 0 aliphatic carbocycles. The third kappa shape index (κ3) is 7.34. The lowest BCUT2D eigenvalue weighted by atomic mass is 10.1. The first-order chi connectivity index (χ1) is 8.86. The fourth-order valence-corrected chi connectivity index (χ4v) is 2.48. The van der Waals surface area contributed by atoms with E-state index in [1.165, 1.54) is 38.5 Å². The van der Waals surface area contributed by atoms with E-state index in [1.807, 2.05) is 0 Å². The Kier molecular flexibility index (Phi) is 9.54. The van der Waals surface area contributed by atoms with E-state index in [4.69, 9.17) is 4.74 Å². The Morgan fingerprint density at radius 3 is 2.67 bits per heavy atom. The summed E-state index contributed by atoms with van der Waals surface area (Å²) in [6.07, 6.45) is 8.64. The lowest BCUT2D eigenvalue weighted by molar-refractivity contribution is -0.0251. The standard InChI is InChI=1S/C15H32N2O/c1-3-5-6-7-8-9-10-16-13-15-14-17(4-2)11-12-18-15/h15-16H,3-14H2,1-2H3. The highest BCUT2D eigenvalue weighted by molar-refractivity contribution is 4.72. The van der Waals surface area contributed by atoms with Crippen LogP contribution in [0.15, 0.2) is 0 Å². The first kappa shape index (κ1) is 15.9. The summed E-state index contributed by atoms with van der Waals surface area (Å²) in [6.45, 7) is 10.9. The molecule has 1 saturated heterocycles. The predicted octanol–water partition coefficient (Wildman–Crippen LogP) is 2.66. The van der Waals surface area contributed by atoms with Gasteiger partial charge in [0.05, 0.1) is 12.7 Å². The summed E-state index contributed by atoms with van der Waals surface area (Å²) in [5.74, 6) is 0. The first-order valence-electron chi connectivity index (χ1n) is 7.91. The lowest BCUT2D eigenvalue weighted by Gasteiger charge is -2.32. The third-order valence-corrected chi connectivity index (χ3v) is 3.75. The molecule has 0 amide bonds. The van der Waals surface area contributed by atoms with E-state index in [9.17, 15) is 0 Å². The highest BCUT2D eigenvalue weighted by Gasteiger charge is 2.18. The Balaban J connectivity index is 1.88. The highest BCUT2D eigenvalue weighted by Crippen LogP contribution is 2.05. The van der Waals surface area contributed by atoms with E-state index in [-0.39, 0.29) is 0 Å². The van der Waals surface area contributed by atoms with E-state index in [0.717, 1.165) is 39.3 Å². The summed E-state index contributed by atoms with van der Waals surface area (Å²) < 4.78 is 5.77. The molecular weight excluding hydrogens is 224 g/mol. The van der Waals surface area contributed by atoms with Crippen molar-refractivity contribution in [3.8, 4) is 0 Å². The average molecular weight is 256 g/mol.